The second kappa shape index (κ2) is 43.0. The lowest BCUT2D eigenvalue weighted by Gasteiger charge is -2.19. The first kappa shape index (κ1) is 54.5. The Morgan fingerprint density at radius 3 is 1.40 bits per heavy atom. The average Bonchev–Trinajstić information content (AvgIpc) is 3.20. The molecule has 0 aromatic rings. The zero-order valence-electron chi connectivity index (χ0n) is 36.0. The van der Waals surface area contributed by atoms with E-state index >= 15 is 0 Å². The summed E-state index contributed by atoms with van der Waals surface area (Å²) in [6.45, 7) is 3.54. The van der Waals surface area contributed by atoms with Gasteiger partial charge in [0.25, 0.3) is 0 Å². The third-order valence-electron chi connectivity index (χ3n) is 9.12. The number of nitrogens with two attached hydrogens (primary N) is 1. The van der Waals surface area contributed by atoms with Gasteiger partial charge in [-0.1, -0.05) is 189 Å². The first-order valence-electron chi connectivity index (χ1n) is 22.4. The van der Waals surface area contributed by atoms with Gasteiger partial charge in [-0.05, 0) is 51.4 Å². The van der Waals surface area contributed by atoms with Crippen LogP contribution in [0.4, 0.5) is 0 Å². The maximum atomic E-state index is 12.6. The monoisotopic (exact) mass is 820 g/mol. The van der Waals surface area contributed by atoms with Crippen LogP contribution in [0.15, 0.2) is 72.9 Å². The molecule has 0 saturated carbocycles. The molecule has 3 N–H and O–H groups in total. The van der Waals surface area contributed by atoms with Crippen molar-refractivity contribution in [1.29, 1.82) is 0 Å². The summed E-state index contributed by atoms with van der Waals surface area (Å²) in [6, 6.07) is 0. The van der Waals surface area contributed by atoms with E-state index in [1.165, 1.54) is 83.5 Å². The summed E-state index contributed by atoms with van der Waals surface area (Å²) in [5.74, 6) is -0.926. The molecule has 328 valence electrons. The Kier molecular flexibility index (Phi) is 41.1. The number of unbranched alkanes of at least 4 members (excludes halogenated alkanes) is 16. The molecular weight excluding hydrogens is 737 g/mol. The maximum Gasteiger partial charge on any atom is 0.472 e. The van der Waals surface area contributed by atoms with Crippen LogP contribution in [0.1, 0.15) is 181 Å². The minimum absolute atomic E-state index is 0.0417. The zero-order valence-corrected chi connectivity index (χ0v) is 36.9. The minimum Gasteiger partial charge on any atom is -0.462 e. The third kappa shape index (κ3) is 42.9. The van der Waals surface area contributed by atoms with Crippen molar-refractivity contribution >= 4 is 19.8 Å². The second-order valence-corrected chi connectivity index (χ2v) is 16.0. The summed E-state index contributed by atoms with van der Waals surface area (Å²) in [5, 5.41) is 0. The van der Waals surface area contributed by atoms with Crippen molar-refractivity contribution < 1.29 is 37.6 Å². The maximum absolute atomic E-state index is 12.6. The molecule has 0 radical (unpaired) electrons. The number of rotatable bonds is 41. The molecule has 0 aromatic heterocycles. The van der Waals surface area contributed by atoms with Gasteiger partial charge in [0.05, 0.1) is 13.2 Å². The van der Waals surface area contributed by atoms with Crippen molar-refractivity contribution in [1.82, 2.24) is 0 Å². The number of phosphoric acid groups is 1. The van der Waals surface area contributed by atoms with Gasteiger partial charge in [-0.3, -0.25) is 18.6 Å². The van der Waals surface area contributed by atoms with E-state index in [0.29, 0.717) is 12.8 Å². The Morgan fingerprint density at radius 1 is 0.544 bits per heavy atom. The van der Waals surface area contributed by atoms with Crippen molar-refractivity contribution in [3.05, 3.63) is 72.9 Å². The Labute approximate surface area is 348 Å². The van der Waals surface area contributed by atoms with E-state index in [1.807, 2.05) is 12.2 Å². The van der Waals surface area contributed by atoms with Gasteiger partial charge in [-0.2, -0.15) is 0 Å². The van der Waals surface area contributed by atoms with Crippen molar-refractivity contribution in [2.45, 2.75) is 187 Å². The summed E-state index contributed by atoms with van der Waals surface area (Å²) in [6.07, 6.45) is 52.3. The molecule has 0 heterocycles. The van der Waals surface area contributed by atoms with Crippen LogP contribution >= 0.6 is 7.82 Å². The Balaban J connectivity index is 4.25. The van der Waals surface area contributed by atoms with Gasteiger partial charge < -0.3 is 20.1 Å². The largest absolute Gasteiger partial charge is 0.472 e. The molecule has 0 saturated heterocycles. The molecule has 0 spiro atoms. The first-order valence-corrected chi connectivity index (χ1v) is 23.9. The normalized spacial score (nSPS) is 14.0. The Hall–Kier alpha value is -2.55. The quantitative estimate of drug-likeness (QED) is 0.0267. The fourth-order valence-electron chi connectivity index (χ4n) is 5.84. The van der Waals surface area contributed by atoms with Gasteiger partial charge in [0, 0.05) is 19.4 Å². The smallest absolute Gasteiger partial charge is 0.462 e. The van der Waals surface area contributed by atoms with Gasteiger partial charge in [0.1, 0.15) is 6.61 Å². The van der Waals surface area contributed by atoms with E-state index in [4.69, 9.17) is 24.3 Å². The highest BCUT2D eigenvalue weighted by atomic mass is 31.2. The molecule has 0 amide bonds. The predicted octanol–water partition coefficient (Wildman–Crippen LogP) is 13.1. The number of ether oxygens (including phenoxy) is 2. The SMILES string of the molecule is CCC=CCC=CCC=CCC=CCC=CCC=CCCC(=O)OCC(COP(=O)(O)OCCN)OC(=O)CCCCCCCCCCCCCCCCCCC. The van der Waals surface area contributed by atoms with Gasteiger partial charge in [-0.25, -0.2) is 4.57 Å². The van der Waals surface area contributed by atoms with E-state index in [2.05, 4.69) is 74.6 Å². The highest BCUT2D eigenvalue weighted by Crippen LogP contribution is 2.43. The molecule has 0 aliphatic carbocycles. The van der Waals surface area contributed by atoms with Crippen LogP contribution in [0.5, 0.6) is 0 Å². The Morgan fingerprint density at radius 2 is 0.965 bits per heavy atom. The molecule has 0 aliphatic heterocycles. The summed E-state index contributed by atoms with van der Waals surface area (Å²) in [5.41, 5.74) is 5.35. The van der Waals surface area contributed by atoms with Crippen LogP contribution in [0.25, 0.3) is 0 Å². The van der Waals surface area contributed by atoms with Crippen LogP contribution in [-0.2, 0) is 32.7 Å². The highest BCUT2D eigenvalue weighted by molar-refractivity contribution is 7.47. The zero-order chi connectivity index (χ0) is 41.8. The number of carbonyl (C=O) groups is 2. The van der Waals surface area contributed by atoms with Crippen LogP contribution < -0.4 is 5.73 Å². The molecular formula is C47H82NO8P. The van der Waals surface area contributed by atoms with Crippen molar-refractivity contribution in [3.8, 4) is 0 Å². The molecule has 0 aliphatic rings. The van der Waals surface area contributed by atoms with E-state index in [9.17, 15) is 19.0 Å². The van der Waals surface area contributed by atoms with E-state index in [0.717, 1.165) is 57.8 Å². The highest BCUT2D eigenvalue weighted by Gasteiger charge is 2.25. The van der Waals surface area contributed by atoms with Crippen molar-refractivity contribution in [3.63, 3.8) is 0 Å². The van der Waals surface area contributed by atoms with E-state index < -0.39 is 32.5 Å². The third-order valence-corrected chi connectivity index (χ3v) is 10.1. The topological polar surface area (TPSA) is 134 Å². The van der Waals surface area contributed by atoms with Crippen LogP contribution in [0.2, 0.25) is 0 Å². The predicted molar refractivity (Wildman–Crippen MR) is 238 cm³/mol. The number of hydrogen-bond donors (Lipinski definition) is 2. The lowest BCUT2D eigenvalue weighted by Crippen LogP contribution is -2.29. The number of phosphoric ester groups is 1. The van der Waals surface area contributed by atoms with Crippen molar-refractivity contribution in [2.75, 3.05) is 26.4 Å². The number of hydrogen-bond acceptors (Lipinski definition) is 8. The lowest BCUT2D eigenvalue weighted by molar-refractivity contribution is -0.161. The fourth-order valence-corrected chi connectivity index (χ4v) is 6.60. The van der Waals surface area contributed by atoms with Crippen LogP contribution in [-0.4, -0.2) is 49.3 Å². The van der Waals surface area contributed by atoms with Gasteiger partial charge in [0.2, 0.25) is 0 Å². The Bertz CT molecular complexity index is 1160. The van der Waals surface area contributed by atoms with Gasteiger partial charge in [-0.15, -0.1) is 0 Å². The minimum atomic E-state index is -4.40. The van der Waals surface area contributed by atoms with Crippen LogP contribution in [0, 0.1) is 0 Å². The summed E-state index contributed by atoms with van der Waals surface area (Å²) in [4.78, 5) is 34.9. The molecule has 57 heavy (non-hydrogen) atoms. The number of carbonyl (C=O) groups excluding carboxylic acids is 2. The summed E-state index contributed by atoms with van der Waals surface area (Å²) < 4.78 is 32.7. The fraction of sp³-hybridized carbons (Fsp3) is 0.702. The van der Waals surface area contributed by atoms with E-state index in [-0.39, 0.29) is 32.6 Å². The van der Waals surface area contributed by atoms with Gasteiger partial charge >= 0.3 is 19.8 Å². The van der Waals surface area contributed by atoms with E-state index in [1.54, 1.807) is 0 Å². The standard InChI is InChI=1S/C47H82NO8P/c1-3-5-7-9-11-13-15-17-19-21-22-24-25-27-29-31-33-35-37-39-46(49)53-43-45(44-55-57(51,52)54-42-41-48)56-47(50)40-38-36-34-32-30-28-26-23-20-18-16-14-12-10-8-6-4-2/h5,7,11,13,17,19,22,24,27,29,33,35,45H,3-4,6,8-10,12,14-16,18,20-21,23,25-26,28,30-32,34,36-44,48H2,1-2H3,(H,51,52). The number of allylic oxidation sites excluding steroid dienone is 12. The van der Waals surface area contributed by atoms with Gasteiger partial charge in [0.15, 0.2) is 6.10 Å². The molecule has 2 unspecified atom stereocenters. The molecule has 0 aromatic carbocycles. The molecule has 0 fully saturated rings. The molecule has 2 atom stereocenters. The average molecular weight is 820 g/mol. The first-order chi connectivity index (χ1) is 27.8. The number of esters is 2. The molecule has 0 bridgehead atoms. The second-order valence-electron chi connectivity index (χ2n) is 14.5. The molecule has 0 rings (SSSR count). The summed E-state index contributed by atoms with van der Waals surface area (Å²) in [7, 11) is -4.40. The molecule has 9 nitrogen and oxygen atoms in total. The summed E-state index contributed by atoms with van der Waals surface area (Å²) >= 11 is 0. The lowest BCUT2D eigenvalue weighted by atomic mass is 10.0. The van der Waals surface area contributed by atoms with Crippen LogP contribution in [0.3, 0.4) is 0 Å². The molecule has 10 heteroatoms. The van der Waals surface area contributed by atoms with Crippen molar-refractivity contribution in [2.24, 2.45) is 5.73 Å².